The molecule has 0 spiro atoms. The Hall–Kier alpha value is 0.354. The van der Waals surface area contributed by atoms with Crippen molar-refractivity contribution in [2.45, 2.75) is 37.8 Å². The fourth-order valence-corrected chi connectivity index (χ4v) is 12.3. The highest BCUT2D eigenvalue weighted by molar-refractivity contribution is 6.86. The van der Waals surface area contributed by atoms with Crippen molar-refractivity contribution >= 4 is 17.0 Å². The van der Waals surface area contributed by atoms with Crippen LogP contribution in [0.3, 0.4) is 0 Å². The van der Waals surface area contributed by atoms with Gasteiger partial charge in [0.1, 0.15) is 8.24 Å². The molecule has 0 N–H and O–H groups in total. The molecule has 1 unspecified atom stereocenters. The van der Waals surface area contributed by atoms with E-state index in [2.05, 4.69) is 43.4 Å². The van der Waals surface area contributed by atoms with Gasteiger partial charge in [0, 0.05) is 22.4 Å². The lowest BCUT2D eigenvalue weighted by Gasteiger charge is -2.47. The summed E-state index contributed by atoms with van der Waals surface area (Å²) in [6.45, 7) is 8.71. The molecule has 1 aliphatic heterocycles. The smallest absolute Gasteiger partial charge is 0.140 e. The highest BCUT2D eigenvalue weighted by Crippen LogP contribution is 2.27. The molecule has 1 heterocycles. The molecule has 1 radical (unpaired) electrons. The van der Waals surface area contributed by atoms with E-state index in [-0.39, 0.29) is 8.80 Å². The number of nitrogens with zero attached hydrogens (tertiary/aromatic N) is 2. The topological polar surface area (TPSA) is 6.48 Å². The quantitative estimate of drug-likeness (QED) is 0.651. The number of hydrogen-bond acceptors (Lipinski definition) is 2. The lowest BCUT2D eigenvalue weighted by atomic mass is 10.5. The Morgan fingerprint density at radius 2 is 1.92 bits per heavy atom. The fraction of sp³-hybridized carbons (Fsp3) is 1.00. The number of rotatable bonds is 2. The minimum Gasteiger partial charge on any atom is -0.267 e. The SMILES string of the molecule is CN1CCC[Si](C)(C[Si](C)C)N1C. The van der Waals surface area contributed by atoms with E-state index in [9.17, 15) is 0 Å². The van der Waals surface area contributed by atoms with Gasteiger partial charge in [0.2, 0.25) is 0 Å². The van der Waals surface area contributed by atoms with Crippen molar-refractivity contribution < 1.29 is 0 Å². The second kappa shape index (κ2) is 4.25. The van der Waals surface area contributed by atoms with Gasteiger partial charge >= 0.3 is 0 Å². The van der Waals surface area contributed by atoms with Gasteiger partial charge < -0.3 is 0 Å². The first-order valence-electron chi connectivity index (χ1n) is 5.19. The van der Waals surface area contributed by atoms with Crippen molar-refractivity contribution in [1.29, 1.82) is 0 Å². The van der Waals surface area contributed by atoms with Crippen LogP contribution >= 0.6 is 0 Å². The van der Waals surface area contributed by atoms with Crippen LogP contribution in [0.5, 0.6) is 0 Å². The third-order valence-corrected chi connectivity index (χ3v) is 12.4. The van der Waals surface area contributed by atoms with Crippen LogP contribution in [0.1, 0.15) is 6.42 Å². The maximum atomic E-state index is 2.59. The van der Waals surface area contributed by atoms with Crippen molar-refractivity contribution in [2.24, 2.45) is 0 Å². The second-order valence-electron chi connectivity index (χ2n) is 4.89. The molecule has 1 atom stereocenters. The zero-order valence-electron chi connectivity index (χ0n) is 9.72. The predicted molar refractivity (Wildman–Crippen MR) is 63.7 cm³/mol. The van der Waals surface area contributed by atoms with Crippen LogP contribution in [0, 0.1) is 0 Å². The van der Waals surface area contributed by atoms with Gasteiger partial charge in [-0.25, -0.2) is 0 Å². The van der Waals surface area contributed by atoms with Gasteiger partial charge in [-0.2, -0.15) is 0 Å². The highest BCUT2D eigenvalue weighted by atomic mass is 28.4. The molecule has 13 heavy (non-hydrogen) atoms. The van der Waals surface area contributed by atoms with Crippen molar-refractivity contribution in [1.82, 2.24) is 9.68 Å². The van der Waals surface area contributed by atoms with Gasteiger partial charge in [-0.1, -0.05) is 19.6 Å². The Labute approximate surface area is 85.6 Å². The molecule has 1 saturated heterocycles. The van der Waals surface area contributed by atoms with Gasteiger partial charge in [0.05, 0.1) is 0 Å². The van der Waals surface area contributed by atoms with Crippen molar-refractivity contribution in [3.05, 3.63) is 0 Å². The Bertz CT molecular complexity index is 175. The first-order valence-corrected chi connectivity index (χ1v) is 10.8. The molecule has 77 valence electrons. The molecule has 0 bridgehead atoms. The van der Waals surface area contributed by atoms with E-state index >= 15 is 0 Å². The summed E-state index contributed by atoms with van der Waals surface area (Å²) >= 11 is 0. The fourth-order valence-electron chi connectivity index (χ4n) is 2.38. The maximum Gasteiger partial charge on any atom is 0.140 e. The summed E-state index contributed by atoms with van der Waals surface area (Å²) in [5.41, 5.74) is 1.54. The number of hydrazine groups is 1. The lowest BCUT2D eigenvalue weighted by Crippen LogP contribution is -2.60. The second-order valence-corrected chi connectivity index (χ2v) is 12.9. The van der Waals surface area contributed by atoms with Gasteiger partial charge in [0.25, 0.3) is 0 Å². The molecule has 0 amide bonds. The Morgan fingerprint density at radius 1 is 1.31 bits per heavy atom. The molecule has 0 saturated carbocycles. The minimum absolute atomic E-state index is 0.0537. The summed E-state index contributed by atoms with van der Waals surface area (Å²) in [6.07, 6.45) is 1.42. The summed E-state index contributed by atoms with van der Waals surface area (Å²) in [4.78, 5) is 0. The van der Waals surface area contributed by atoms with E-state index in [1.807, 2.05) is 0 Å². The molecule has 0 aromatic carbocycles. The number of hydrogen-bond donors (Lipinski definition) is 0. The zero-order valence-corrected chi connectivity index (χ0v) is 11.7. The Morgan fingerprint density at radius 3 is 2.46 bits per heavy atom. The van der Waals surface area contributed by atoms with Crippen molar-refractivity contribution in [3.63, 3.8) is 0 Å². The van der Waals surface area contributed by atoms with E-state index < -0.39 is 8.24 Å². The highest BCUT2D eigenvalue weighted by Gasteiger charge is 2.37. The maximum absolute atomic E-state index is 2.59. The normalized spacial score (nSPS) is 32.8. The molecule has 1 fully saturated rings. The van der Waals surface area contributed by atoms with Crippen molar-refractivity contribution in [3.8, 4) is 0 Å². The monoisotopic (exact) mass is 215 g/mol. The standard InChI is InChI=1S/C9H23N2Si2/c1-10-7-6-8-13(5,11(10)2)9-12(3)4/h6-9H2,1-5H3. The minimum atomic E-state index is -1.06. The summed E-state index contributed by atoms with van der Waals surface area (Å²) in [6, 6.07) is 1.50. The van der Waals surface area contributed by atoms with Crippen LogP contribution in [0.15, 0.2) is 0 Å². The summed E-state index contributed by atoms with van der Waals surface area (Å²) in [5, 5.41) is 2.43. The molecule has 0 aromatic rings. The van der Waals surface area contributed by atoms with Gasteiger partial charge in [-0.05, 0) is 25.2 Å². The third kappa shape index (κ3) is 2.65. The molecular formula is C9H23N2Si2. The van der Waals surface area contributed by atoms with Crippen LogP contribution in [-0.2, 0) is 0 Å². The van der Waals surface area contributed by atoms with E-state index in [0.29, 0.717) is 0 Å². The van der Waals surface area contributed by atoms with Crippen molar-refractivity contribution in [2.75, 3.05) is 20.6 Å². The van der Waals surface area contributed by atoms with Crippen LogP contribution in [-0.4, -0.2) is 47.4 Å². The first kappa shape index (κ1) is 11.4. The van der Waals surface area contributed by atoms with Gasteiger partial charge in [0.15, 0.2) is 0 Å². The zero-order chi connectivity index (χ0) is 10.1. The van der Waals surface area contributed by atoms with E-state index in [1.165, 1.54) is 19.0 Å². The molecule has 1 aliphatic rings. The van der Waals surface area contributed by atoms with E-state index in [0.717, 1.165) is 0 Å². The molecule has 0 aliphatic carbocycles. The average Bonchev–Trinajstić information content (AvgIpc) is 1.99. The third-order valence-electron chi connectivity index (χ3n) is 3.22. The Kier molecular flexibility index (Phi) is 3.74. The first-order chi connectivity index (χ1) is 5.96. The Balaban J connectivity index is 2.63. The largest absolute Gasteiger partial charge is 0.267 e. The average molecular weight is 215 g/mol. The van der Waals surface area contributed by atoms with E-state index in [1.54, 1.807) is 5.67 Å². The molecule has 4 heteroatoms. The molecule has 1 rings (SSSR count). The van der Waals surface area contributed by atoms with Gasteiger partial charge in [-0.15, -0.1) is 0 Å². The molecule has 2 nitrogen and oxygen atoms in total. The summed E-state index contributed by atoms with van der Waals surface area (Å²) in [7, 11) is 3.42. The van der Waals surface area contributed by atoms with Crippen LogP contribution in [0.25, 0.3) is 0 Å². The van der Waals surface area contributed by atoms with E-state index in [4.69, 9.17) is 0 Å². The molecule has 0 aromatic heterocycles. The predicted octanol–water partition coefficient (Wildman–Crippen LogP) is 2.04. The summed E-state index contributed by atoms with van der Waals surface area (Å²) in [5.74, 6) is 0. The van der Waals surface area contributed by atoms with Gasteiger partial charge in [-0.3, -0.25) is 9.68 Å². The van der Waals surface area contributed by atoms with Crippen LogP contribution < -0.4 is 0 Å². The van der Waals surface area contributed by atoms with Crippen LogP contribution in [0.2, 0.25) is 31.4 Å². The summed E-state index contributed by atoms with van der Waals surface area (Å²) < 4.78 is 2.59. The molecular weight excluding hydrogens is 192 g/mol. The van der Waals surface area contributed by atoms with Crippen LogP contribution in [0.4, 0.5) is 0 Å². The lowest BCUT2D eigenvalue weighted by molar-refractivity contribution is 0.0923.